The second kappa shape index (κ2) is 10.2. The Bertz CT molecular complexity index is 1090. The van der Waals surface area contributed by atoms with Crippen LogP contribution in [0.1, 0.15) is 17.2 Å². The zero-order chi connectivity index (χ0) is 23.2. The number of urea groups is 1. The molecule has 0 radical (unpaired) electrons. The van der Waals surface area contributed by atoms with Crippen LogP contribution in [0, 0.1) is 5.82 Å². The number of morpholine rings is 1. The van der Waals surface area contributed by atoms with E-state index in [-0.39, 0.29) is 37.5 Å². The zero-order valence-electron chi connectivity index (χ0n) is 17.8. The van der Waals surface area contributed by atoms with Crippen molar-refractivity contribution in [3.8, 4) is 0 Å². The quantitative estimate of drug-likeness (QED) is 0.532. The highest BCUT2D eigenvalue weighted by Gasteiger charge is 2.34. The van der Waals surface area contributed by atoms with Crippen LogP contribution in [-0.4, -0.2) is 41.2 Å². The van der Waals surface area contributed by atoms with E-state index in [0.717, 1.165) is 5.56 Å². The minimum atomic E-state index is -0.998. The highest BCUT2D eigenvalue weighted by molar-refractivity contribution is 5.99. The maximum Gasteiger partial charge on any atom is 0.323 e. The number of halogens is 1. The number of nitrogens with one attached hydrogen (secondary N) is 2. The molecule has 3 amide bonds. The van der Waals surface area contributed by atoms with Gasteiger partial charge in [-0.3, -0.25) is 4.79 Å². The van der Waals surface area contributed by atoms with E-state index in [0.29, 0.717) is 16.9 Å². The van der Waals surface area contributed by atoms with E-state index >= 15 is 0 Å². The van der Waals surface area contributed by atoms with Crippen molar-refractivity contribution in [1.82, 2.24) is 4.90 Å². The monoisotopic (exact) mass is 449 g/mol. The average molecular weight is 449 g/mol. The first-order valence-corrected chi connectivity index (χ1v) is 10.5. The summed E-state index contributed by atoms with van der Waals surface area (Å²) < 4.78 is 18.6. The van der Waals surface area contributed by atoms with Crippen LogP contribution < -0.4 is 10.6 Å². The molecule has 0 saturated carbocycles. The van der Waals surface area contributed by atoms with Gasteiger partial charge in [0.1, 0.15) is 18.5 Å². The number of carbonyl (C=O) groups excluding carboxylic acids is 2. The van der Waals surface area contributed by atoms with E-state index in [4.69, 9.17) is 4.74 Å². The van der Waals surface area contributed by atoms with E-state index in [9.17, 15) is 19.1 Å². The summed E-state index contributed by atoms with van der Waals surface area (Å²) >= 11 is 0. The number of nitrogens with zero attached hydrogens (tertiary/aromatic N) is 1. The Kier molecular flexibility index (Phi) is 6.97. The van der Waals surface area contributed by atoms with Crippen molar-refractivity contribution in [2.75, 3.05) is 23.8 Å². The minimum absolute atomic E-state index is 0.0657. The van der Waals surface area contributed by atoms with Crippen molar-refractivity contribution in [3.63, 3.8) is 0 Å². The molecule has 1 aliphatic heterocycles. The summed E-state index contributed by atoms with van der Waals surface area (Å²) in [6.45, 7) is 0.348. The van der Waals surface area contributed by atoms with Crippen LogP contribution in [0.2, 0.25) is 0 Å². The number of hydrogen-bond donors (Lipinski definition) is 3. The summed E-state index contributed by atoms with van der Waals surface area (Å²) in [6.07, 6.45) is -0.998. The molecule has 3 N–H and O–H groups in total. The predicted octanol–water partition coefficient (Wildman–Crippen LogP) is 3.93. The fraction of sp³-hybridized carbons (Fsp3) is 0.200. The Labute approximate surface area is 190 Å². The second-order valence-corrected chi connectivity index (χ2v) is 7.74. The van der Waals surface area contributed by atoms with E-state index < -0.39 is 12.1 Å². The third-order valence-corrected chi connectivity index (χ3v) is 5.41. The molecule has 33 heavy (non-hydrogen) atoms. The van der Waals surface area contributed by atoms with Gasteiger partial charge in [0, 0.05) is 17.9 Å². The van der Waals surface area contributed by atoms with Gasteiger partial charge < -0.3 is 25.4 Å². The first-order valence-electron chi connectivity index (χ1n) is 10.5. The average Bonchev–Trinajstić information content (AvgIpc) is 2.82. The molecule has 0 bridgehead atoms. The number of benzene rings is 3. The van der Waals surface area contributed by atoms with E-state index in [1.165, 1.54) is 12.1 Å². The van der Waals surface area contributed by atoms with Crippen LogP contribution in [0.15, 0.2) is 78.9 Å². The predicted molar refractivity (Wildman–Crippen MR) is 122 cm³/mol. The van der Waals surface area contributed by atoms with Crippen LogP contribution >= 0.6 is 0 Å². The third-order valence-electron chi connectivity index (χ3n) is 5.41. The fourth-order valence-electron chi connectivity index (χ4n) is 3.68. The molecule has 1 aliphatic rings. The second-order valence-electron chi connectivity index (χ2n) is 7.74. The zero-order valence-corrected chi connectivity index (χ0v) is 17.8. The molecule has 2 atom stereocenters. The number of amides is 3. The summed E-state index contributed by atoms with van der Waals surface area (Å²) in [7, 11) is 0. The van der Waals surface area contributed by atoms with Gasteiger partial charge in [0.15, 0.2) is 0 Å². The topological polar surface area (TPSA) is 90.9 Å². The standard InChI is InChI=1S/C25H24FN3O4/c26-19-10-6-17(7-11-19)14-29-22(15-33-16-23(29)30)24(31)18-8-12-21(13-9-18)28-25(32)27-20-4-2-1-3-5-20/h1-13,22,24,31H,14-16H2,(H2,27,28,32). The van der Waals surface area contributed by atoms with Gasteiger partial charge in [0.25, 0.3) is 0 Å². The highest BCUT2D eigenvalue weighted by Crippen LogP contribution is 2.27. The Balaban J connectivity index is 1.42. The van der Waals surface area contributed by atoms with Gasteiger partial charge >= 0.3 is 6.03 Å². The normalized spacial score (nSPS) is 16.8. The molecule has 3 aromatic rings. The molecule has 170 valence electrons. The molecule has 1 heterocycles. The lowest BCUT2D eigenvalue weighted by Crippen LogP contribution is -2.51. The molecule has 7 nitrogen and oxygen atoms in total. The van der Waals surface area contributed by atoms with Gasteiger partial charge in [-0.1, -0.05) is 42.5 Å². The lowest BCUT2D eigenvalue weighted by Gasteiger charge is -2.38. The summed E-state index contributed by atoms with van der Waals surface area (Å²) in [5.41, 5.74) is 2.56. The maximum absolute atomic E-state index is 13.2. The van der Waals surface area contributed by atoms with Gasteiger partial charge in [0.05, 0.1) is 12.6 Å². The van der Waals surface area contributed by atoms with Crippen LogP contribution in [0.3, 0.4) is 0 Å². The molecule has 4 rings (SSSR count). The lowest BCUT2D eigenvalue weighted by molar-refractivity contribution is -0.155. The summed E-state index contributed by atoms with van der Waals surface area (Å²) in [5, 5.41) is 16.5. The molecule has 0 aromatic heterocycles. The Hall–Kier alpha value is -3.75. The van der Waals surface area contributed by atoms with Crippen LogP contribution in [0.25, 0.3) is 0 Å². The Morgan fingerprint density at radius 1 is 1.00 bits per heavy atom. The van der Waals surface area contributed by atoms with Crippen molar-refractivity contribution < 1.29 is 23.8 Å². The summed E-state index contributed by atoms with van der Waals surface area (Å²) in [5.74, 6) is -0.597. The van der Waals surface area contributed by atoms with Gasteiger partial charge in [-0.15, -0.1) is 0 Å². The maximum atomic E-state index is 13.2. The molecule has 2 unspecified atom stereocenters. The van der Waals surface area contributed by atoms with Crippen LogP contribution in [0.4, 0.5) is 20.6 Å². The van der Waals surface area contributed by atoms with Gasteiger partial charge in [-0.05, 0) is 47.5 Å². The number of carbonyl (C=O) groups is 2. The first kappa shape index (κ1) is 22.4. The van der Waals surface area contributed by atoms with Gasteiger partial charge in [-0.2, -0.15) is 0 Å². The number of hydrogen-bond acceptors (Lipinski definition) is 4. The Morgan fingerprint density at radius 3 is 2.30 bits per heavy atom. The molecule has 1 saturated heterocycles. The van der Waals surface area contributed by atoms with Gasteiger partial charge in [0.2, 0.25) is 5.91 Å². The van der Waals surface area contributed by atoms with Crippen LogP contribution in [-0.2, 0) is 16.1 Å². The highest BCUT2D eigenvalue weighted by atomic mass is 19.1. The number of anilines is 2. The SMILES string of the molecule is O=C(Nc1ccccc1)Nc1ccc(C(O)C2COCC(=O)N2Cc2ccc(F)cc2)cc1. The van der Waals surface area contributed by atoms with E-state index in [1.54, 1.807) is 53.4 Å². The first-order chi connectivity index (χ1) is 16.0. The van der Waals surface area contributed by atoms with Crippen molar-refractivity contribution in [2.45, 2.75) is 18.7 Å². The van der Waals surface area contributed by atoms with Crippen molar-refractivity contribution in [2.24, 2.45) is 0 Å². The number of rotatable bonds is 6. The van der Waals surface area contributed by atoms with E-state index in [1.807, 2.05) is 18.2 Å². The molecular formula is C25H24FN3O4. The van der Waals surface area contributed by atoms with Crippen molar-refractivity contribution >= 4 is 23.3 Å². The molecule has 0 aliphatic carbocycles. The molecule has 1 fully saturated rings. The third kappa shape index (κ3) is 5.74. The Morgan fingerprint density at radius 2 is 1.64 bits per heavy atom. The van der Waals surface area contributed by atoms with Crippen molar-refractivity contribution in [1.29, 1.82) is 0 Å². The minimum Gasteiger partial charge on any atom is -0.386 e. The lowest BCUT2D eigenvalue weighted by atomic mass is 9.99. The smallest absolute Gasteiger partial charge is 0.323 e. The number of aliphatic hydroxyl groups excluding tert-OH is 1. The molecular weight excluding hydrogens is 425 g/mol. The molecule has 0 spiro atoms. The van der Waals surface area contributed by atoms with Gasteiger partial charge in [-0.25, -0.2) is 9.18 Å². The molecule has 8 heteroatoms. The number of para-hydroxylation sites is 1. The van der Waals surface area contributed by atoms with Crippen LogP contribution in [0.5, 0.6) is 0 Å². The van der Waals surface area contributed by atoms with Crippen molar-refractivity contribution in [3.05, 3.63) is 95.8 Å². The number of ether oxygens (including phenoxy) is 1. The number of aliphatic hydroxyl groups is 1. The fourth-order valence-corrected chi connectivity index (χ4v) is 3.68. The largest absolute Gasteiger partial charge is 0.386 e. The summed E-state index contributed by atoms with van der Waals surface area (Å²) in [6, 6.07) is 20.7. The molecule has 3 aromatic carbocycles. The van der Waals surface area contributed by atoms with E-state index in [2.05, 4.69) is 10.6 Å². The summed E-state index contributed by atoms with van der Waals surface area (Å²) in [4.78, 5) is 26.2.